The lowest BCUT2D eigenvalue weighted by Crippen LogP contribution is -2.49. The zero-order valence-electron chi connectivity index (χ0n) is 25.3. The van der Waals surface area contributed by atoms with Crippen molar-refractivity contribution >= 4 is 29.4 Å². The normalized spacial score (nSPS) is 20.5. The minimum absolute atomic E-state index is 0.00242. The number of amides is 2. The Morgan fingerprint density at radius 3 is 2.55 bits per heavy atom. The predicted molar refractivity (Wildman–Crippen MR) is 168 cm³/mol. The number of carbonyl (C=O) groups excluding carboxylic acids is 2. The number of benzene rings is 2. The molecule has 4 heterocycles. The summed E-state index contributed by atoms with van der Waals surface area (Å²) in [6.07, 6.45) is 8.34. The van der Waals surface area contributed by atoms with E-state index < -0.39 is 5.82 Å². The Morgan fingerprint density at radius 1 is 1.05 bits per heavy atom. The highest BCUT2D eigenvalue weighted by atomic mass is 35.5. The molecule has 8 nitrogen and oxygen atoms in total. The molecule has 2 aromatic carbocycles. The van der Waals surface area contributed by atoms with Gasteiger partial charge < -0.3 is 19.4 Å². The van der Waals surface area contributed by atoms with Gasteiger partial charge in [0.15, 0.2) is 11.6 Å². The molecule has 1 aromatic heterocycles. The van der Waals surface area contributed by atoms with Crippen LogP contribution >= 0.6 is 11.6 Å². The van der Waals surface area contributed by atoms with Crippen molar-refractivity contribution in [3.8, 4) is 5.75 Å². The summed E-state index contributed by atoms with van der Waals surface area (Å²) in [7, 11) is 1.39. The molecule has 0 bridgehead atoms. The minimum Gasteiger partial charge on any atom is -0.494 e. The minimum atomic E-state index is -0.602. The van der Waals surface area contributed by atoms with Crippen LogP contribution in [0.1, 0.15) is 65.6 Å². The lowest BCUT2D eigenvalue weighted by atomic mass is 9.88. The van der Waals surface area contributed by atoms with E-state index in [0.29, 0.717) is 31.1 Å². The van der Waals surface area contributed by atoms with Crippen molar-refractivity contribution < 1.29 is 18.7 Å². The zero-order valence-corrected chi connectivity index (χ0v) is 26.1. The average Bonchev–Trinajstić information content (AvgIpc) is 3.51. The van der Waals surface area contributed by atoms with Crippen molar-refractivity contribution in [3.05, 3.63) is 81.9 Å². The Bertz CT molecular complexity index is 1510. The van der Waals surface area contributed by atoms with Crippen LogP contribution in [0.3, 0.4) is 0 Å². The van der Waals surface area contributed by atoms with Crippen LogP contribution in [-0.4, -0.2) is 77.5 Å². The van der Waals surface area contributed by atoms with Gasteiger partial charge in [-0.1, -0.05) is 30.7 Å². The van der Waals surface area contributed by atoms with Crippen LogP contribution in [0.5, 0.6) is 5.75 Å². The highest BCUT2D eigenvalue weighted by Gasteiger charge is 2.43. The molecule has 0 N–H and O–H groups in total. The third-order valence-electron chi connectivity index (χ3n) is 9.57. The molecule has 3 saturated heterocycles. The maximum absolute atomic E-state index is 14.9. The number of likely N-dealkylation sites (tertiary alicyclic amines) is 2. The molecule has 3 aliphatic heterocycles. The van der Waals surface area contributed by atoms with Gasteiger partial charge in [0.1, 0.15) is 0 Å². The summed E-state index contributed by atoms with van der Waals surface area (Å²) in [6.45, 7) is 5.52. The second-order valence-electron chi connectivity index (χ2n) is 12.1. The van der Waals surface area contributed by atoms with Crippen molar-refractivity contribution in [1.29, 1.82) is 0 Å². The van der Waals surface area contributed by atoms with Gasteiger partial charge >= 0.3 is 0 Å². The molecule has 6 rings (SSSR count). The first-order chi connectivity index (χ1) is 21.4. The van der Waals surface area contributed by atoms with Gasteiger partial charge in [-0.15, -0.1) is 0 Å². The van der Waals surface area contributed by atoms with Gasteiger partial charge in [0, 0.05) is 61.3 Å². The van der Waals surface area contributed by atoms with E-state index >= 15 is 0 Å². The van der Waals surface area contributed by atoms with Crippen molar-refractivity contribution in [1.82, 2.24) is 19.8 Å². The van der Waals surface area contributed by atoms with Crippen LogP contribution in [0.4, 0.5) is 10.3 Å². The Hall–Kier alpha value is -3.72. The average molecular weight is 620 g/mol. The Kier molecular flexibility index (Phi) is 9.03. The first kappa shape index (κ1) is 30.3. The number of hydrogen-bond acceptors (Lipinski definition) is 6. The maximum atomic E-state index is 14.9. The molecule has 3 aliphatic rings. The van der Waals surface area contributed by atoms with E-state index in [1.807, 2.05) is 40.4 Å². The summed E-state index contributed by atoms with van der Waals surface area (Å²) in [4.78, 5) is 42.3. The molecule has 3 fully saturated rings. The van der Waals surface area contributed by atoms with Crippen LogP contribution in [-0.2, 0) is 17.6 Å². The molecule has 44 heavy (non-hydrogen) atoms. The van der Waals surface area contributed by atoms with Gasteiger partial charge in [-0.3, -0.25) is 9.59 Å². The van der Waals surface area contributed by atoms with Gasteiger partial charge in [0.25, 0.3) is 5.91 Å². The molecule has 2 amide bonds. The summed E-state index contributed by atoms with van der Waals surface area (Å²) in [5.74, 6) is 0.629. The van der Waals surface area contributed by atoms with Crippen molar-refractivity contribution in [3.63, 3.8) is 0 Å². The summed E-state index contributed by atoms with van der Waals surface area (Å²) in [5.41, 5.74) is 3.15. The number of hydrogen-bond donors (Lipinski definition) is 0. The van der Waals surface area contributed by atoms with Crippen LogP contribution < -0.4 is 9.64 Å². The van der Waals surface area contributed by atoms with Gasteiger partial charge in [-0.2, -0.15) is 0 Å². The number of carbonyl (C=O) groups is 2. The molecule has 0 aliphatic carbocycles. The zero-order chi connectivity index (χ0) is 30.8. The second kappa shape index (κ2) is 13.1. The number of methoxy groups -OCH3 is 1. The topological polar surface area (TPSA) is 78.9 Å². The molecular formula is C34H39ClFN5O3. The molecule has 232 valence electrons. The van der Waals surface area contributed by atoms with E-state index in [9.17, 15) is 14.0 Å². The van der Waals surface area contributed by atoms with Crippen LogP contribution in [0.15, 0.2) is 48.8 Å². The predicted octanol–water partition coefficient (Wildman–Crippen LogP) is 5.53. The summed E-state index contributed by atoms with van der Waals surface area (Å²) < 4.78 is 20.0. The van der Waals surface area contributed by atoms with Crippen molar-refractivity contribution in [2.75, 3.05) is 44.7 Å². The van der Waals surface area contributed by atoms with Crippen molar-refractivity contribution in [2.45, 2.75) is 57.4 Å². The number of fused-ring (bicyclic) bond motifs is 1. The van der Waals surface area contributed by atoms with Gasteiger partial charge in [-0.05, 0) is 79.3 Å². The molecule has 0 unspecified atom stereocenters. The largest absolute Gasteiger partial charge is 0.494 e. The number of halogens is 2. The molecule has 0 saturated carbocycles. The second-order valence-corrected chi connectivity index (χ2v) is 12.5. The van der Waals surface area contributed by atoms with Crippen LogP contribution in [0, 0.1) is 11.7 Å². The quantitative estimate of drug-likeness (QED) is 0.346. The van der Waals surface area contributed by atoms with Crippen LogP contribution in [0.2, 0.25) is 5.02 Å². The van der Waals surface area contributed by atoms with Gasteiger partial charge in [0.2, 0.25) is 11.9 Å². The lowest BCUT2D eigenvalue weighted by molar-refractivity contribution is -0.134. The van der Waals surface area contributed by atoms with E-state index in [2.05, 4.69) is 27.9 Å². The van der Waals surface area contributed by atoms with E-state index in [-0.39, 0.29) is 46.5 Å². The number of nitrogens with zero attached hydrogens (tertiary/aromatic N) is 5. The Labute approximate surface area is 263 Å². The van der Waals surface area contributed by atoms with Gasteiger partial charge in [0.05, 0.1) is 19.6 Å². The van der Waals surface area contributed by atoms with E-state index in [1.54, 1.807) is 6.07 Å². The molecule has 10 heteroatoms. The fourth-order valence-corrected chi connectivity index (χ4v) is 7.23. The molecule has 3 aromatic rings. The first-order valence-electron chi connectivity index (χ1n) is 15.6. The SMILES string of the molecule is CCc1cnc(N2CCC(c3cccc(C(=O)N4C[C@H]5CCCN(C(=O)Cc6c(Cl)ccc(OC)c6F)[C@H]5C4)c3)CC2)nc1. The smallest absolute Gasteiger partial charge is 0.253 e. The van der Waals surface area contributed by atoms with Crippen LogP contribution in [0.25, 0.3) is 0 Å². The number of aromatic nitrogens is 2. The third kappa shape index (κ3) is 6.11. The maximum Gasteiger partial charge on any atom is 0.253 e. The Morgan fingerprint density at radius 2 is 1.82 bits per heavy atom. The highest BCUT2D eigenvalue weighted by molar-refractivity contribution is 6.31. The fourth-order valence-electron chi connectivity index (χ4n) is 7.02. The number of anilines is 1. The standard InChI is InChI=1S/C34H39ClFN5O3/c1-3-22-18-37-34(38-19-22)39-14-11-23(12-15-39)24-6-4-7-25(16-24)33(43)40-20-26-8-5-13-41(29(26)21-40)31(42)17-27-28(35)9-10-30(44-2)32(27)36/h4,6-7,9-10,16,18-19,23,26,29H,3,5,8,11-15,17,20-21H2,1-2H3/t26-,29+/m1/s1. The number of ether oxygens (including phenoxy) is 1. The molecule has 2 atom stereocenters. The molecule has 0 radical (unpaired) electrons. The summed E-state index contributed by atoms with van der Waals surface area (Å²) >= 11 is 6.27. The Balaban J connectivity index is 1.10. The van der Waals surface area contributed by atoms with Gasteiger partial charge in [-0.25, -0.2) is 14.4 Å². The third-order valence-corrected chi connectivity index (χ3v) is 9.92. The number of piperidine rings is 2. The van der Waals surface area contributed by atoms with E-state index in [0.717, 1.165) is 56.7 Å². The summed E-state index contributed by atoms with van der Waals surface area (Å²) in [6, 6.07) is 11.0. The van der Waals surface area contributed by atoms with E-state index in [1.165, 1.54) is 18.7 Å². The molecule has 0 spiro atoms. The lowest BCUT2D eigenvalue weighted by Gasteiger charge is -2.37. The molecular weight excluding hydrogens is 581 g/mol. The van der Waals surface area contributed by atoms with Crippen molar-refractivity contribution in [2.24, 2.45) is 5.92 Å². The number of rotatable bonds is 7. The number of aryl methyl sites for hydroxylation is 1. The monoisotopic (exact) mass is 619 g/mol. The first-order valence-corrected chi connectivity index (χ1v) is 16.0. The highest BCUT2D eigenvalue weighted by Crippen LogP contribution is 2.35. The van der Waals surface area contributed by atoms with E-state index in [4.69, 9.17) is 16.3 Å². The fraction of sp³-hybridized carbons (Fsp3) is 0.471. The summed E-state index contributed by atoms with van der Waals surface area (Å²) in [5, 5.41) is 0.206.